The fourth-order valence-corrected chi connectivity index (χ4v) is 3.57. The summed E-state index contributed by atoms with van der Waals surface area (Å²) in [5.74, 6) is 2.38. The van der Waals surface area contributed by atoms with Gasteiger partial charge in [0.2, 0.25) is 0 Å². The predicted molar refractivity (Wildman–Crippen MR) is 112 cm³/mol. The van der Waals surface area contributed by atoms with E-state index in [1.807, 2.05) is 24.3 Å². The molecule has 5 nitrogen and oxygen atoms in total. The van der Waals surface area contributed by atoms with Gasteiger partial charge < -0.3 is 14.4 Å². The van der Waals surface area contributed by atoms with Gasteiger partial charge in [-0.2, -0.15) is 10.5 Å². The molecule has 5 heteroatoms. The van der Waals surface area contributed by atoms with Crippen LogP contribution in [0.25, 0.3) is 0 Å². The number of hydrogen-bond acceptors (Lipinski definition) is 5. The standard InChI is InChI=1S/C24H27N3O2/c25-18-21-2-6-23(7-3-21)28-16-1-13-27-14-10-20(11-15-27)12-17-29-24-8-4-22(19-26)5-9-24/h2-9,20H,1,10-17H2. The number of piperidine rings is 1. The molecule has 2 aromatic rings. The molecule has 0 bridgehead atoms. The Morgan fingerprint density at radius 3 is 1.83 bits per heavy atom. The topological polar surface area (TPSA) is 69.3 Å². The summed E-state index contributed by atoms with van der Waals surface area (Å²) < 4.78 is 11.6. The third kappa shape index (κ3) is 6.82. The SMILES string of the molecule is N#Cc1ccc(OCCCN2CCC(CCOc3ccc(C#N)cc3)CC2)cc1. The summed E-state index contributed by atoms with van der Waals surface area (Å²) in [7, 11) is 0. The van der Waals surface area contributed by atoms with Crippen LogP contribution in [0.2, 0.25) is 0 Å². The maximum absolute atomic E-state index is 8.82. The summed E-state index contributed by atoms with van der Waals surface area (Å²) in [6, 6.07) is 18.8. The summed E-state index contributed by atoms with van der Waals surface area (Å²) in [6.45, 7) is 4.76. The first kappa shape index (κ1) is 20.7. The Kier molecular flexibility index (Phi) is 7.92. The summed E-state index contributed by atoms with van der Waals surface area (Å²) in [4.78, 5) is 2.51. The second-order valence-corrected chi connectivity index (χ2v) is 7.40. The van der Waals surface area contributed by atoms with E-state index in [-0.39, 0.29) is 0 Å². The Bertz CT molecular complexity index is 826. The Morgan fingerprint density at radius 2 is 1.31 bits per heavy atom. The van der Waals surface area contributed by atoms with Crippen molar-refractivity contribution in [3.63, 3.8) is 0 Å². The molecule has 0 atom stereocenters. The Labute approximate surface area is 173 Å². The van der Waals surface area contributed by atoms with E-state index in [1.54, 1.807) is 24.3 Å². The summed E-state index contributed by atoms with van der Waals surface area (Å²) >= 11 is 0. The van der Waals surface area contributed by atoms with E-state index in [9.17, 15) is 0 Å². The molecule has 0 unspecified atom stereocenters. The maximum Gasteiger partial charge on any atom is 0.119 e. The van der Waals surface area contributed by atoms with Crippen molar-refractivity contribution in [3.8, 4) is 23.6 Å². The number of likely N-dealkylation sites (tertiary alicyclic amines) is 1. The van der Waals surface area contributed by atoms with Crippen LogP contribution >= 0.6 is 0 Å². The highest BCUT2D eigenvalue weighted by molar-refractivity contribution is 5.35. The van der Waals surface area contributed by atoms with Crippen LogP contribution in [-0.4, -0.2) is 37.7 Å². The highest BCUT2D eigenvalue weighted by Gasteiger charge is 2.18. The number of benzene rings is 2. The lowest BCUT2D eigenvalue weighted by Crippen LogP contribution is -2.35. The lowest BCUT2D eigenvalue weighted by Gasteiger charge is -2.31. The van der Waals surface area contributed by atoms with E-state index < -0.39 is 0 Å². The quantitative estimate of drug-likeness (QED) is 0.595. The molecule has 2 aromatic carbocycles. The largest absolute Gasteiger partial charge is 0.494 e. The van der Waals surface area contributed by atoms with Crippen LogP contribution in [0.5, 0.6) is 11.5 Å². The van der Waals surface area contributed by atoms with Crippen molar-refractivity contribution in [2.24, 2.45) is 5.92 Å². The molecule has 0 saturated carbocycles. The zero-order valence-corrected chi connectivity index (χ0v) is 16.7. The van der Waals surface area contributed by atoms with E-state index >= 15 is 0 Å². The van der Waals surface area contributed by atoms with Crippen LogP contribution in [0, 0.1) is 28.6 Å². The Balaban J connectivity index is 1.25. The molecule has 0 radical (unpaired) electrons. The van der Waals surface area contributed by atoms with Gasteiger partial charge in [0.15, 0.2) is 0 Å². The van der Waals surface area contributed by atoms with Crippen LogP contribution in [-0.2, 0) is 0 Å². The molecule has 3 rings (SSSR count). The van der Waals surface area contributed by atoms with Crippen molar-refractivity contribution >= 4 is 0 Å². The molecule has 0 amide bonds. The van der Waals surface area contributed by atoms with Crippen LogP contribution in [0.4, 0.5) is 0 Å². The molecule has 0 aliphatic carbocycles. The van der Waals surface area contributed by atoms with E-state index in [4.69, 9.17) is 20.0 Å². The summed E-state index contributed by atoms with van der Waals surface area (Å²) in [5, 5.41) is 17.6. The number of rotatable bonds is 9. The maximum atomic E-state index is 8.82. The van der Waals surface area contributed by atoms with E-state index in [2.05, 4.69) is 17.0 Å². The second kappa shape index (κ2) is 11.1. The Hall–Kier alpha value is -3.02. The van der Waals surface area contributed by atoms with Gasteiger partial charge in [0.05, 0.1) is 36.5 Å². The molecule has 1 aliphatic rings. The van der Waals surface area contributed by atoms with Gasteiger partial charge in [-0.15, -0.1) is 0 Å². The minimum absolute atomic E-state index is 0.655. The van der Waals surface area contributed by atoms with Gasteiger partial charge in [0.25, 0.3) is 0 Å². The zero-order chi connectivity index (χ0) is 20.3. The van der Waals surface area contributed by atoms with Gasteiger partial charge in [-0.05, 0) is 93.2 Å². The fourth-order valence-electron chi connectivity index (χ4n) is 3.57. The van der Waals surface area contributed by atoms with Crippen LogP contribution in [0.3, 0.4) is 0 Å². The highest BCUT2D eigenvalue weighted by Crippen LogP contribution is 2.21. The second-order valence-electron chi connectivity index (χ2n) is 7.40. The minimum Gasteiger partial charge on any atom is -0.494 e. The molecule has 29 heavy (non-hydrogen) atoms. The van der Waals surface area contributed by atoms with Crippen molar-refractivity contribution in [2.75, 3.05) is 32.8 Å². The lowest BCUT2D eigenvalue weighted by atomic mass is 9.94. The molecule has 1 heterocycles. The van der Waals surface area contributed by atoms with Crippen LogP contribution in [0.15, 0.2) is 48.5 Å². The average Bonchev–Trinajstić information content (AvgIpc) is 2.78. The van der Waals surface area contributed by atoms with Crippen LogP contribution < -0.4 is 9.47 Å². The smallest absolute Gasteiger partial charge is 0.119 e. The number of nitrogens with zero attached hydrogens (tertiary/aromatic N) is 3. The van der Waals surface area contributed by atoms with Crippen molar-refractivity contribution in [1.29, 1.82) is 10.5 Å². The molecule has 0 N–H and O–H groups in total. The number of hydrogen-bond donors (Lipinski definition) is 0. The van der Waals surface area contributed by atoms with E-state index in [0.29, 0.717) is 17.7 Å². The molecular weight excluding hydrogens is 362 g/mol. The van der Waals surface area contributed by atoms with Crippen molar-refractivity contribution in [1.82, 2.24) is 4.90 Å². The molecule has 0 aromatic heterocycles. The van der Waals surface area contributed by atoms with Gasteiger partial charge in [-0.25, -0.2) is 0 Å². The van der Waals surface area contributed by atoms with Gasteiger partial charge >= 0.3 is 0 Å². The first-order valence-electron chi connectivity index (χ1n) is 10.2. The van der Waals surface area contributed by atoms with Gasteiger partial charge in [0, 0.05) is 6.54 Å². The van der Waals surface area contributed by atoms with Gasteiger partial charge in [-0.1, -0.05) is 0 Å². The van der Waals surface area contributed by atoms with Crippen molar-refractivity contribution < 1.29 is 9.47 Å². The summed E-state index contributed by atoms with van der Waals surface area (Å²) in [6.07, 6.45) is 4.52. The first-order chi connectivity index (χ1) is 14.3. The molecule has 1 fully saturated rings. The minimum atomic E-state index is 0.655. The average molecular weight is 389 g/mol. The number of nitriles is 2. The fraction of sp³-hybridized carbons (Fsp3) is 0.417. The third-order valence-electron chi connectivity index (χ3n) is 5.36. The highest BCUT2D eigenvalue weighted by atomic mass is 16.5. The van der Waals surface area contributed by atoms with Crippen molar-refractivity contribution in [2.45, 2.75) is 25.7 Å². The molecule has 150 valence electrons. The van der Waals surface area contributed by atoms with E-state index in [1.165, 1.54) is 12.8 Å². The normalized spacial score (nSPS) is 14.7. The molecule has 1 aliphatic heterocycles. The molecule has 0 spiro atoms. The van der Waals surface area contributed by atoms with Gasteiger partial charge in [0.1, 0.15) is 11.5 Å². The van der Waals surface area contributed by atoms with E-state index in [0.717, 1.165) is 56.5 Å². The van der Waals surface area contributed by atoms with Gasteiger partial charge in [-0.3, -0.25) is 0 Å². The third-order valence-corrected chi connectivity index (χ3v) is 5.36. The number of ether oxygens (including phenoxy) is 2. The lowest BCUT2D eigenvalue weighted by molar-refractivity contribution is 0.154. The Morgan fingerprint density at radius 1 is 0.793 bits per heavy atom. The van der Waals surface area contributed by atoms with Crippen LogP contribution in [0.1, 0.15) is 36.8 Å². The molecule has 1 saturated heterocycles. The molecular formula is C24H27N3O2. The first-order valence-corrected chi connectivity index (χ1v) is 10.2. The van der Waals surface area contributed by atoms with Crippen molar-refractivity contribution in [3.05, 3.63) is 59.7 Å². The zero-order valence-electron chi connectivity index (χ0n) is 16.7. The monoisotopic (exact) mass is 389 g/mol. The predicted octanol–water partition coefficient (Wildman–Crippen LogP) is 4.38. The summed E-state index contributed by atoms with van der Waals surface area (Å²) in [5.41, 5.74) is 1.31.